The Morgan fingerprint density at radius 3 is 1.91 bits per heavy atom. The average Bonchev–Trinajstić information content (AvgIpc) is 3.30. The first-order valence-electron chi connectivity index (χ1n) is 17.5. The number of halogens is 7. The van der Waals surface area contributed by atoms with Crippen molar-refractivity contribution >= 4 is 16.6 Å². The van der Waals surface area contributed by atoms with Gasteiger partial charge in [0.1, 0.15) is 0 Å². The van der Waals surface area contributed by atoms with Gasteiger partial charge in [0.05, 0.1) is 5.76 Å². The van der Waals surface area contributed by atoms with E-state index in [2.05, 4.69) is 11.1 Å². The Hall–Kier alpha value is -3.56. The number of ketones is 1. The van der Waals surface area contributed by atoms with Crippen LogP contribution in [0.5, 0.6) is 0 Å². The van der Waals surface area contributed by atoms with Crippen LogP contribution in [0.1, 0.15) is 95.0 Å². The summed E-state index contributed by atoms with van der Waals surface area (Å²) in [4.78, 5) is 16.3. The van der Waals surface area contributed by atoms with E-state index in [1.54, 1.807) is 12.3 Å². The molecule has 5 rings (SSSR count). The Morgan fingerprint density at radius 1 is 0.811 bits per heavy atom. The minimum absolute atomic E-state index is 0. The summed E-state index contributed by atoms with van der Waals surface area (Å²) in [6, 6.07) is 14.6. The predicted molar refractivity (Wildman–Crippen MR) is 192 cm³/mol. The minimum atomic E-state index is -6.17. The summed E-state index contributed by atoms with van der Waals surface area (Å²) >= 11 is 0. The molecule has 1 aliphatic carbocycles. The molecule has 1 heterocycles. The average molecular weight is 921 g/mol. The van der Waals surface area contributed by atoms with Gasteiger partial charge in [-0.3, -0.25) is 4.79 Å². The van der Waals surface area contributed by atoms with Crippen LogP contribution >= 0.6 is 0 Å². The number of allylic oxidation sites excluding steroid dienone is 2. The van der Waals surface area contributed by atoms with Gasteiger partial charge in [0, 0.05) is 55.2 Å². The van der Waals surface area contributed by atoms with Crippen molar-refractivity contribution in [2.75, 3.05) is 0 Å². The first-order valence-corrected chi connectivity index (χ1v) is 17.5. The number of carbonyl (C=O) groups is 1. The van der Waals surface area contributed by atoms with E-state index in [4.69, 9.17) is 0 Å². The third-order valence-electron chi connectivity index (χ3n) is 10.2. The maximum atomic E-state index is 14.8. The number of aliphatic hydroxyl groups excluding tert-OH is 1. The van der Waals surface area contributed by atoms with Crippen molar-refractivity contribution in [3.63, 3.8) is 0 Å². The molecule has 3 nitrogen and oxygen atoms in total. The Morgan fingerprint density at radius 2 is 1.38 bits per heavy atom. The van der Waals surface area contributed by atoms with Gasteiger partial charge >= 0.3 is 18.0 Å². The van der Waals surface area contributed by atoms with Crippen molar-refractivity contribution in [2.24, 2.45) is 11.8 Å². The number of nitrogens with zero attached hydrogens (tertiary/aromatic N) is 1. The molecule has 11 heteroatoms. The molecule has 3 aromatic carbocycles. The molecule has 289 valence electrons. The summed E-state index contributed by atoms with van der Waals surface area (Å²) < 4.78 is 94.9. The first-order chi connectivity index (χ1) is 24.2. The summed E-state index contributed by atoms with van der Waals surface area (Å²) in [6.07, 6.45) is -5.77. The van der Waals surface area contributed by atoms with Gasteiger partial charge < -0.3 is 10.1 Å². The smallest absolute Gasteiger partial charge is 0.435 e. The predicted octanol–water partition coefficient (Wildman–Crippen LogP) is 12.8. The van der Waals surface area contributed by atoms with Gasteiger partial charge in [-0.1, -0.05) is 79.7 Å². The van der Waals surface area contributed by atoms with Crippen molar-refractivity contribution in [1.29, 1.82) is 0 Å². The van der Waals surface area contributed by atoms with Gasteiger partial charge in [0.2, 0.25) is 0 Å². The SMILES string of the molecule is CCC(CC)C(=O)/C=C(\O)C(CC)CC.Cc1[c-]c(-c2nccc3c2C(C)(C)c2c-3ccc3cc(C(F)(C(F)(F)F)C(F)(F)F)ccc23)cc(C)c1.[Ir]. The number of hydrogen-bond acceptors (Lipinski definition) is 3. The number of hydrogen-bond donors (Lipinski definition) is 1. The fourth-order valence-corrected chi connectivity index (χ4v) is 7.38. The number of carbonyl (C=O) groups excluding carboxylic acids is 1. The largest absolute Gasteiger partial charge is 0.512 e. The van der Waals surface area contributed by atoms with Crippen molar-refractivity contribution < 1.29 is 60.7 Å². The Labute approximate surface area is 320 Å². The maximum Gasteiger partial charge on any atom is 0.435 e. The van der Waals surface area contributed by atoms with E-state index in [1.807, 2.05) is 73.6 Å². The van der Waals surface area contributed by atoms with Crippen LogP contribution in [-0.4, -0.2) is 28.2 Å². The van der Waals surface area contributed by atoms with E-state index in [9.17, 15) is 40.6 Å². The second kappa shape index (κ2) is 16.4. The fourth-order valence-electron chi connectivity index (χ4n) is 7.38. The molecule has 0 saturated heterocycles. The quantitative estimate of drug-likeness (QED) is 0.0788. The molecule has 0 fully saturated rings. The summed E-state index contributed by atoms with van der Waals surface area (Å²) in [5, 5.41) is 10.3. The zero-order valence-electron chi connectivity index (χ0n) is 31.0. The molecule has 0 aliphatic heterocycles. The van der Waals surface area contributed by atoms with Crippen LogP contribution in [0.25, 0.3) is 33.2 Å². The van der Waals surface area contributed by atoms with Gasteiger partial charge in [-0.15, -0.1) is 34.9 Å². The first kappa shape index (κ1) is 43.8. The molecule has 1 aliphatic rings. The fraction of sp³-hybridized carbons (Fsp3) is 0.429. The molecular weight excluding hydrogens is 876 g/mol. The van der Waals surface area contributed by atoms with Gasteiger partial charge in [-0.2, -0.15) is 26.3 Å². The second-order valence-corrected chi connectivity index (χ2v) is 14.0. The van der Waals surface area contributed by atoms with Crippen molar-refractivity contribution in [3.8, 4) is 22.4 Å². The Bertz CT molecular complexity index is 1940. The second-order valence-electron chi connectivity index (χ2n) is 14.0. The van der Waals surface area contributed by atoms with E-state index in [0.717, 1.165) is 70.7 Å². The molecule has 53 heavy (non-hydrogen) atoms. The molecule has 0 spiro atoms. The summed E-state index contributed by atoms with van der Waals surface area (Å²) in [5.74, 6) is 0.547. The van der Waals surface area contributed by atoms with Gasteiger partial charge in [0.15, 0.2) is 5.78 Å². The van der Waals surface area contributed by atoms with Gasteiger partial charge in [-0.05, 0) is 76.5 Å². The molecule has 1 N–H and O–H groups in total. The zero-order chi connectivity index (χ0) is 39.0. The van der Waals surface area contributed by atoms with E-state index in [0.29, 0.717) is 23.2 Å². The normalized spacial score (nSPS) is 14.1. The summed E-state index contributed by atoms with van der Waals surface area (Å²) in [7, 11) is 0. The number of alkyl halides is 7. The number of fused-ring (bicyclic) bond motifs is 5. The van der Waals surface area contributed by atoms with Crippen LogP contribution in [0.3, 0.4) is 0 Å². The molecule has 0 saturated carbocycles. The van der Waals surface area contributed by atoms with Crippen LogP contribution < -0.4 is 0 Å². The van der Waals surface area contributed by atoms with E-state index >= 15 is 0 Å². The van der Waals surface area contributed by atoms with Crippen molar-refractivity contribution in [2.45, 2.75) is 105 Å². The van der Waals surface area contributed by atoms with E-state index in [1.165, 1.54) is 12.1 Å². The molecule has 0 atom stereocenters. The number of pyridine rings is 1. The number of aryl methyl sites for hydroxylation is 2. The van der Waals surface area contributed by atoms with Crippen LogP contribution in [0.4, 0.5) is 30.7 Å². The standard InChI is InChI=1S/C29H21F7N.C13H24O2.Ir/c1-15-11-16(2)13-18(12-15)25-24-22(9-10-37-25)21-7-5-17-14-19(6-8-20(17)23(21)26(24,3)4)27(30,28(31,32)33)29(34,35)36;1-5-10(6-2)12(14)9-13(15)11(7-3)8-4;/h5-12,14H,1-4H3;9-11,14H,5-8H2,1-4H3;/q-1;;/b;12-9-;. The molecule has 4 aromatic rings. The summed E-state index contributed by atoms with van der Waals surface area (Å²) in [5.41, 5.74) is -0.955. The van der Waals surface area contributed by atoms with Crippen LogP contribution in [0.15, 0.2) is 66.6 Å². The molecule has 0 bridgehead atoms. The minimum Gasteiger partial charge on any atom is -0.512 e. The van der Waals surface area contributed by atoms with Crippen LogP contribution in [0.2, 0.25) is 0 Å². The molecule has 1 aromatic heterocycles. The number of rotatable bonds is 9. The number of aliphatic hydroxyl groups is 1. The van der Waals surface area contributed by atoms with Gasteiger partial charge in [0.25, 0.3) is 0 Å². The maximum absolute atomic E-state index is 14.8. The number of benzene rings is 3. The van der Waals surface area contributed by atoms with Gasteiger partial charge in [-0.25, -0.2) is 4.39 Å². The zero-order valence-corrected chi connectivity index (χ0v) is 33.4. The van der Waals surface area contributed by atoms with E-state index in [-0.39, 0.29) is 48.9 Å². The Kier molecular flexibility index (Phi) is 13.6. The molecule has 1 radical (unpaired) electrons. The Balaban J connectivity index is 0.000000403. The molecular formula is C42H45F7IrNO2-. The van der Waals surface area contributed by atoms with Crippen molar-refractivity contribution in [3.05, 3.63) is 100 Å². The molecule has 0 amide bonds. The van der Waals surface area contributed by atoms with Crippen LogP contribution in [-0.2, 0) is 36.0 Å². The molecule has 0 unspecified atom stereocenters. The number of aromatic nitrogens is 1. The van der Waals surface area contributed by atoms with Crippen molar-refractivity contribution in [1.82, 2.24) is 4.98 Å². The third-order valence-corrected chi connectivity index (χ3v) is 10.2. The topological polar surface area (TPSA) is 50.2 Å². The summed E-state index contributed by atoms with van der Waals surface area (Å²) in [6.45, 7) is 15.8. The van der Waals surface area contributed by atoms with E-state index < -0.39 is 29.0 Å². The van der Waals surface area contributed by atoms with Crippen LogP contribution in [0, 0.1) is 31.7 Å². The third kappa shape index (κ3) is 8.26. The monoisotopic (exact) mass is 921 g/mol.